The van der Waals surface area contributed by atoms with Gasteiger partial charge in [-0.15, -0.1) is 0 Å². The third kappa shape index (κ3) is 6.18. The van der Waals surface area contributed by atoms with Crippen LogP contribution in [0.2, 0.25) is 5.35 Å². The first-order valence-electron chi connectivity index (χ1n) is 10.5. The van der Waals surface area contributed by atoms with Gasteiger partial charge >= 0.3 is 0 Å². The highest BCUT2D eigenvalue weighted by molar-refractivity contribution is 6.28. The number of piperazine rings is 2. The molecule has 8 nitrogen and oxygen atoms in total. The molecule has 2 fully saturated rings. The van der Waals surface area contributed by atoms with Crippen LogP contribution >= 0.6 is 11.6 Å². The molecule has 4 heterocycles. The highest BCUT2D eigenvalue weighted by atomic mass is 35.5. The minimum atomic E-state index is 0.196. The zero-order valence-electron chi connectivity index (χ0n) is 17.3. The number of nitrogens with one attached hydrogen (secondary N) is 3. The van der Waals surface area contributed by atoms with Crippen LogP contribution in [-0.4, -0.2) is 62.3 Å². The van der Waals surface area contributed by atoms with Crippen LogP contribution in [0.25, 0.3) is 22.2 Å². The summed E-state index contributed by atoms with van der Waals surface area (Å²) >= 11 is 5.51. The Morgan fingerprint density at radius 2 is 1.19 bits per heavy atom. The van der Waals surface area contributed by atoms with E-state index in [1.165, 1.54) is 0 Å². The number of aromatic nitrogens is 2. The van der Waals surface area contributed by atoms with Crippen molar-refractivity contribution in [2.24, 2.45) is 0 Å². The first-order chi connectivity index (χ1) is 15.3. The summed E-state index contributed by atoms with van der Waals surface area (Å²) in [6.07, 6.45) is 0. The molecule has 3 N–H and O–H groups in total. The van der Waals surface area contributed by atoms with Gasteiger partial charge in [0.1, 0.15) is 11.0 Å². The van der Waals surface area contributed by atoms with Gasteiger partial charge in [-0.25, -0.2) is 0 Å². The van der Waals surface area contributed by atoms with Gasteiger partial charge in [-0.3, -0.25) is 0 Å². The molecule has 0 bridgehead atoms. The number of para-hydroxylation sites is 4. The van der Waals surface area contributed by atoms with Crippen molar-refractivity contribution in [2.75, 3.05) is 57.3 Å². The van der Waals surface area contributed by atoms with Crippen molar-refractivity contribution in [1.82, 2.24) is 25.9 Å². The molecular formula is C22H27ClN6O2. The fraction of sp³-hybridized carbons (Fsp3) is 0.364. The fourth-order valence-corrected chi connectivity index (χ4v) is 3.47. The zero-order valence-corrected chi connectivity index (χ0v) is 18.1. The van der Waals surface area contributed by atoms with Crippen molar-refractivity contribution in [1.29, 1.82) is 0 Å². The standard InChI is InChI=1S/C11H13N3O.C7H4ClNO.C4H10N2/c1-2-4-10-9(3-1)13-11(15-10)14-7-5-12-6-8-14;8-7-9-5-3-1-2-4-6(5)10-7;1-2-6-4-3-5-1/h1-4,12H,5-8H2;1-4H;5-6H,1-4H2. The highest BCUT2D eigenvalue weighted by Crippen LogP contribution is 2.21. The van der Waals surface area contributed by atoms with Crippen molar-refractivity contribution in [3.8, 4) is 0 Å². The summed E-state index contributed by atoms with van der Waals surface area (Å²) in [6.45, 7) is 8.48. The summed E-state index contributed by atoms with van der Waals surface area (Å²) in [6, 6.07) is 16.1. The van der Waals surface area contributed by atoms with Gasteiger partial charge in [-0.05, 0) is 35.9 Å². The maximum absolute atomic E-state index is 5.69. The van der Waals surface area contributed by atoms with Crippen LogP contribution in [0.4, 0.5) is 6.01 Å². The first kappa shape index (κ1) is 21.6. The average Bonchev–Trinajstić information content (AvgIpc) is 3.44. The SMILES string of the molecule is C1CNCCN1.Clc1nc2ccccc2o1.c1ccc2oc(N3CCNCC3)nc2c1. The van der Waals surface area contributed by atoms with E-state index in [-0.39, 0.29) is 5.35 Å². The molecule has 0 saturated carbocycles. The van der Waals surface area contributed by atoms with Gasteiger partial charge < -0.3 is 29.7 Å². The summed E-state index contributed by atoms with van der Waals surface area (Å²) in [5.41, 5.74) is 3.33. The van der Waals surface area contributed by atoms with Crippen molar-refractivity contribution < 1.29 is 8.83 Å². The van der Waals surface area contributed by atoms with Crippen LogP contribution in [-0.2, 0) is 0 Å². The summed E-state index contributed by atoms with van der Waals surface area (Å²) in [5.74, 6) is 0. The summed E-state index contributed by atoms with van der Waals surface area (Å²) < 4.78 is 10.7. The van der Waals surface area contributed by atoms with E-state index in [4.69, 9.17) is 20.4 Å². The van der Waals surface area contributed by atoms with Gasteiger partial charge in [0.25, 0.3) is 11.4 Å². The molecule has 2 aromatic carbocycles. The molecular weight excluding hydrogens is 416 g/mol. The van der Waals surface area contributed by atoms with E-state index >= 15 is 0 Å². The third-order valence-electron chi connectivity index (χ3n) is 4.90. The van der Waals surface area contributed by atoms with Crippen molar-refractivity contribution in [3.05, 3.63) is 53.9 Å². The van der Waals surface area contributed by atoms with Gasteiger partial charge in [0, 0.05) is 52.4 Å². The number of halogens is 1. The van der Waals surface area contributed by atoms with Crippen LogP contribution in [0.3, 0.4) is 0 Å². The lowest BCUT2D eigenvalue weighted by Gasteiger charge is -2.25. The van der Waals surface area contributed by atoms with E-state index < -0.39 is 0 Å². The Hall–Kier alpha value is -2.65. The Bertz CT molecular complexity index is 994. The predicted molar refractivity (Wildman–Crippen MR) is 124 cm³/mol. The van der Waals surface area contributed by atoms with Crippen molar-refractivity contribution >= 4 is 39.8 Å². The molecule has 2 aliphatic heterocycles. The minimum Gasteiger partial charge on any atom is -0.428 e. The number of fused-ring (bicyclic) bond motifs is 2. The number of hydrogen-bond acceptors (Lipinski definition) is 8. The lowest BCUT2D eigenvalue weighted by atomic mass is 10.3. The number of oxazole rings is 2. The smallest absolute Gasteiger partial charge is 0.298 e. The molecule has 0 unspecified atom stereocenters. The predicted octanol–water partition coefficient (Wildman–Crippen LogP) is 2.90. The number of anilines is 1. The second-order valence-electron chi connectivity index (χ2n) is 7.14. The lowest BCUT2D eigenvalue weighted by molar-refractivity contribution is 0.517. The quantitative estimate of drug-likeness (QED) is 0.414. The molecule has 0 atom stereocenters. The molecule has 2 saturated heterocycles. The van der Waals surface area contributed by atoms with Gasteiger partial charge in [-0.1, -0.05) is 24.3 Å². The highest BCUT2D eigenvalue weighted by Gasteiger charge is 2.15. The number of rotatable bonds is 1. The summed E-state index contributed by atoms with van der Waals surface area (Å²) in [7, 11) is 0. The van der Waals surface area contributed by atoms with E-state index in [9.17, 15) is 0 Å². The first-order valence-corrected chi connectivity index (χ1v) is 10.9. The number of benzene rings is 2. The molecule has 2 aromatic heterocycles. The Kier molecular flexibility index (Phi) is 7.73. The van der Waals surface area contributed by atoms with E-state index in [2.05, 4.69) is 30.8 Å². The van der Waals surface area contributed by atoms with Crippen molar-refractivity contribution in [2.45, 2.75) is 0 Å². The van der Waals surface area contributed by atoms with Crippen LogP contribution in [0.15, 0.2) is 57.4 Å². The molecule has 0 spiro atoms. The maximum Gasteiger partial charge on any atom is 0.298 e. The maximum atomic E-state index is 5.69. The van der Waals surface area contributed by atoms with Crippen LogP contribution in [0, 0.1) is 0 Å². The molecule has 31 heavy (non-hydrogen) atoms. The average molecular weight is 443 g/mol. The van der Waals surface area contributed by atoms with E-state index in [0.29, 0.717) is 0 Å². The largest absolute Gasteiger partial charge is 0.428 e. The van der Waals surface area contributed by atoms with Crippen LogP contribution in [0.5, 0.6) is 0 Å². The van der Waals surface area contributed by atoms with E-state index in [0.717, 1.165) is 80.6 Å². The number of hydrogen-bond donors (Lipinski definition) is 3. The van der Waals surface area contributed by atoms with Crippen LogP contribution < -0.4 is 20.9 Å². The molecule has 0 amide bonds. The Balaban J connectivity index is 0.000000124. The Morgan fingerprint density at radius 3 is 1.74 bits per heavy atom. The molecule has 0 radical (unpaired) electrons. The molecule has 0 aliphatic carbocycles. The second kappa shape index (κ2) is 11.1. The van der Waals surface area contributed by atoms with E-state index in [1.807, 2.05) is 48.5 Å². The molecule has 6 rings (SSSR count). The van der Waals surface area contributed by atoms with Gasteiger partial charge in [-0.2, -0.15) is 9.97 Å². The van der Waals surface area contributed by atoms with E-state index in [1.54, 1.807) is 0 Å². The molecule has 4 aromatic rings. The zero-order chi connectivity index (χ0) is 21.3. The topological polar surface area (TPSA) is 91.4 Å². The molecule has 2 aliphatic rings. The van der Waals surface area contributed by atoms with Crippen molar-refractivity contribution in [3.63, 3.8) is 0 Å². The van der Waals surface area contributed by atoms with Gasteiger partial charge in [0.2, 0.25) is 0 Å². The summed E-state index contributed by atoms with van der Waals surface area (Å²) in [4.78, 5) is 10.6. The Labute approximate surface area is 186 Å². The monoisotopic (exact) mass is 442 g/mol. The second-order valence-corrected chi connectivity index (χ2v) is 7.46. The third-order valence-corrected chi connectivity index (χ3v) is 5.06. The Morgan fingerprint density at radius 1 is 0.677 bits per heavy atom. The van der Waals surface area contributed by atoms with Crippen LogP contribution in [0.1, 0.15) is 0 Å². The number of nitrogens with zero attached hydrogens (tertiary/aromatic N) is 3. The lowest BCUT2D eigenvalue weighted by Crippen LogP contribution is -2.43. The molecule has 9 heteroatoms. The molecule has 164 valence electrons. The van der Waals surface area contributed by atoms with Gasteiger partial charge in [0.15, 0.2) is 11.2 Å². The minimum absolute atomic E-state index is 0.196. The fourth-order valence-electron chi connectivity index (χ4n) is 3.30. The van der Waals surface area contributed by atoms with Gasteiger partial charge in [0.05, 0.1) is 0 Å². The summed E-state index contributed by atoms with van der Waals surface area (Å²) in [5, 5.41) is 9.95. The normalized spacial score (nSPS) is 16.4.